The fourth-order valence-corrected chi connectivity index (χ4v) is 3.42. The molecule has 2 heterocycles. The van der Waals surface area contributed by atoms with Crippen LogP contribution in [0.5, 0.6) is 5.75 Å². The number of hydrogen-bond donors (Lipinski definition) is 0. The first-order valence-electron chi connectivity index (χ1n) is 8.99. The summed E-state index contributed by atoms with van der Waals surface area (Å²) in [5, 5.41) is 8.00. The van der Waals surface area contributed by atoms with Crippen LogP contribution in [-0.4, -0.2) is 34.3 Å². The van der Waals surface area contributed by atoms with Gasteiger partial charge < -0.3 is 9.47 Å². The van der Waals surface area contributed by atoms with E-state index in [0.29, 0.717) is 6.61 Å². The lowest BCUT2D eigenvalue weighted by Crippen LogP contribution is -2.23. The van der Waals surface area contributed by atoms with Crippen molar-refractivity contribution in [1.82, 2.24) is 15.2 Å². The molecule has 7 nitrogen and oxygen atoms in total. The smallest absolute Gasteiger partial charge is 0.302 e. The van der Waals surface area contributed by atoms with E-state index in [1.807, 2.05) is 19.9 Å². The van der Waals surface area contributed by atoms with Gasteiger partial charge in [-0.1, -0.05) is 16.4 Å². The Hall–Kier alpha value is -2.41. The van der Waals surface area contributed by atoms with E-state index >= 15 is 0 Å². The number of likely N-dealkylation sites (tertiary alicyclic amines) is 1. The molecule has 1 aliphatic heterocycles. The number of esters is 1. The predicted molar refractivity (Wildman–Crippen MR) is 94.5 cm³/mol. The highest BCUT2D eigenvalue weighted by Crippen LogP contribution is 2.34. The van der Waals surface area contributed by atoms with Crippen molar-refractivity contribution in [2.75, 3.05) is 13.2 Å². The third-order valence-corrected chi connectivity index (χ3v) is 4.61. The van der Waals surface area contributed by atoms with Crippen LogP contribution in [0.15, 0.2) is 22.8 Å². The highest BCUT2D eigenvalue weighted by Gasteiger charge is 2.30. The molecule has 1 aromatic carbocycles. The van der Waals surface area contributed by atoms with Crippen molar-refractivity contribution in [2.45, 2.75) is 52.8 Å². The van der Waals surface area contributed by atoms with Gasteiger partial charge in [0, 0.05) is 19.0 Å². The van der Waals surface area contributed by atoms with Gasteiger partial charge in [0.15, 0.2) is 0 Å². The van der Waals surface area contributed by atoms with Gasteiger partial charge in [-0.2, -0.15) is 0 Å². The monoisotopic (exact) mass is 359 g/mol. The van der Waals surface area contributed by atoms with E-state index in [1.54, 1.807) is 0 Å². The summed E-state index contributed by atoms with van der Waals surface area (Å²) >= 11 is 0. The summed E-state index contributed by atoms with van der Waals surface area (Å²) in [6.45, 7) is 7.85. The molecule has 7 heteroatoms. The van der Waals surface area contributed by atoms with Crippen LogP contribution in [0.25, 0.3) is 0 Å². The maximum Gasteiger partial charge on any atom is 0.302 e. The van der Waals surface area contributed by atoms with E-state index in [-0.39, 0.29) is 18.6 Å². The second kappa shape index (κ2) is 8.31. The number of benzene rings is 1. The lowest BCUT2D eigenvalue weighted by molar-refractivity contribution is -0.142. The molecule has 26 heavy (non-hydrogen) atoms. The second-order valence-corrected chi connectivity index (χ2v) is 6.52. The second-order valence-electron chi connectivity index (χ2n) is 6.52. The topological polar surface area (TPSA) is 77.7 Å². The van der Waals surface area contributed by atoms with Crippen LogP contribution < -0.4 is 4.74 Å². The Morgan fingerprint density at radius 2 is 2.23 bits per heavy atom. The lowest BCUT2D eigenvalue weighted by Gasteiger charge is -2.23. The zero-order chi connectivity index (χ0) is 18.5. The van der Waals surface area contributed by atoms with Gasteiger partial charge in [0.2, 0.25) is 0 Å². The minimum absolute atomic E-state index is 0.217. The van der Waals surface area contributed by atoms with Gasteiger partial charge in [-0.15, -0.1) is 0 Å². The van der Waals surface area contributed by atoms with Crippen LogP contribution in [0.4, 0.5) is 0 Å². The third-order valence-electron chi connectivity index (χ3n) is 4.61. The Labute approximate surface area is 153 Å². The Balaban J connectivity index is 1.77. The molecule has 0 N–H and O–H groups in total. The molecule has 0 saturated carbocycles. The Kier molecular flexibility index (Phi) is 5.88. The minimum atomic E-state index is -0.300. The molecule has 1 aromatic heterocycles. The molecule has 3 rings (SSSR count). The minimum Gasteiger partial charge on any atom is -0.493 e. The summed E-state index contributed by atoms with van der Waals surface area (Å²) in [7, 11) is 0. The largest absolute Gasteiger partial charge is 0.493 e. The SMILES string of the molecule is CCOc1ccc(CN2CCCC2c2nonc2C)cc1COC(C)=O. The number of carbonyl (C=O) groups excluding carboxylic acids is 1. The Morgan fingerprint density at radius 1 is 1.38 bits per heavy atom. The molecule has 1 atom stereocenters. The van der Waals surface area contributed by atoms with Crippen LogP contribution in [0.2, 0.25) is 0 Å². The van der Waals surface area contributed by atoms with Crippen LogP contribution >= 0.6 is 0 Å². The molecule has 0 spiro atoms. The summed E-state index contributed by atoms with van der Waals surface area (Å²) in [6, 6.07) is 6.29. The van der Waals surface area contributed by atoms with Gasteiger partial charge in [0.1, 0.15) is 23.7 Å². The fourth-order valence-electron chi connectivity index (χ4n) is 3.42. The molecular formula is C19H25N3O4. The summed E-state index contributed by atoms with van der Waals surface area (Å²) in [4.78, 5) is 13.5. The van der Waals surface area contributed by atoms with E-state index in [1.165, 1.54) is 6.92 Å². The van der Waals surface area contributed by atoms with Gasteiger partial charge in [-0.3, -0.25) is 9.69 Å². The van der Waals surface area contributed by atoms with Crippen molar-refractivity contribution in [3.8, 4) is 5.75 Å². The zero-order valence-electron chi connectivity index (χ0n) is 15.5. The summed E-state index contributed by atoms with van der Waals surface area (Å²) in [5.74, 6) is 0.457. The number of nitrogens with zero attached hydrogens (tertiary/aromatic N) is 3. The summed E-state index contributed by atoms with van der Waals surface area (Å²) < 4.78 is 15.7. The Morgan fingerprint density at radius 3 is 2.92 bits per heavy atom. The van der Waals surface area contributed by atoms with Crippen LogP contribution in [0.1, 0.15) is 55.2 Å². The van der Waals surface area contributed by atoms with Crippen molar-refractivity contribution in [2.24, 2.45) is 0 Å². The number of ether oxygens (including phenoxy) is 2. The zero-order valence-corrected chi connectivity index (χ0v) is 15.5. The number of aryl methyl sites for hydroxylation is 1. The molecule has 0 amide bonds. The van der Waals surface area contributed by atoms with Gasteiger partial charge >= 0.3 is 5.97 Å². The predicted octanol–water partition coefficient (Wildman–Crippen LogP) is 3.18. The van der Waals surface area contributed by atoms with Crippen molar-refractivity contribution in [1.29, 1.82) is 0 Å². The molecule has 1 fully saturated rings. The highest BCUT2D eigenvalue weighted by atomic mass is 16.6. The number of aromatic nitrogens is 2. The standard InChI is InChI=1S/C19H25N3O4/c1-4-24-18-8-7-15(10-16(18)12-25-14(3)23)11-22-9-5-6-17(22)19-13(2)20-26-21-19/h7-8,10,17H,4-6,9,11-12H2,1-3H3. The van der Waals surface area contributed by atoms with E-state index in [0.717, 1.165) is 54.2 Å². The summed E-state index contributed by atoms with van der Waals surface area (Å²) in [6.07, 6.45) is 2.17. The first-order chi connectivity index (χ1) is 12.6. The van der Waals surface area contributed by atoms with Crippen LogP contribution in [0.3, 0.4) is 0 Å². The van der Waals surface area contributed by atoms with E-state index in [2.05, 4.69) is 27.3 Å². The fraction of sp³-hybridized carbons (Fsp3) is 0.526. The van der Waals surface area contributed by atoms with Crippen molar-refractivity contribution in [3.05, 3.63) is 40.7 Å². The maximum absolute atomic E-state index is 11.2. The maximum atomic E-state index is 11.2. The van der Waals surface area contributed by atoms with Crippen molar-refractivity contribution >= 4 is 5.97 Å². The molecule has 0 radical (unpaired) electrons. The van der Waals surface area contributed by atoms with Gasteiger partial charge in [0.25, 0.3) is 0 Å². The highest BCUT2D eigenvalue weighted by molar-refractivity contribution is 5.66. The average Bonchev–Trinajstić information content (AvgIpc) is 3.23. The quantitative estimate of drug-likeness (QED) is 0.703. The van der Waals surface area contributed by atoms with Crippen LogP contribution in [0, 0.1) is 6.92 Å². The molecule has 0 bridgehead atoms. The lowest BCUT2D eigenvalue weighted by atomic mass is 10.1. The van der Waals surface area contributed by atoms with Gasteiger partial charge in [-0.25, -0.2) is 4.63 Å². The van der Waals surface area contributed by atoms with Gasteiger partial charge in [0.05, 0.1) is 12.6 Å². The van der Waals surface area contributed by atoms with Gasteiger partial charge in [-0.05, 0) is 50.9 Å². The average molecular weight is 359 g/mol. The summed E-state index contributed by atoms with van der Waals surface area (Å²) in [5.41, 5.74) is 3.81. The first-order valence-corrected chi connectivity index (χ1v) is 8.99. The number of hydrogen-bond acceptors (Lipinski definition) is 7. The van der Waals surface area contributed by atoms with Crippen molar-refractivity contribution in [3.63, 3.8) is 0 Å². The van der Waals surface area contributed by atoms with E-state index in [9.17, 15) is 4.79 Å². The molecule has 2 aromatic rings. The number of rotatable bonds is 7. The Bertz CT molecular complexity index is 759. The molecule has 1 unspecified atom stereocenters. The molecule has 1 saturated heterocycles. The molecule has 140 valence electrons. The van der Waals surface area contributed by atoms with Crippen LogP contribution in [-0.2, 0) is 22.7 Å². The number of carbonyl (C=O) groups is 1. The third kappa shape index (κ3) is 4.22. The van der Waals surface area contributed by atoms with Crippen molar-refractivity contribution < 1.29 is 18.9 Å². The first kappa shape index (κ1) is 18.4. The van der Waals surface area contributed by atoms with E-state index < -0.39 is 0 Å². The van der Waals surface area contributed by atoms with E-state index in [4.69, 9.17) is 14.1 Å². The molecule has 1 aliphatic rings. The normalized spacial score (nSPS) is 17.4. The molecular weight excluding hydrogens is 334 g/mol. The molecule has 0 aliphatic carbocycles.